The van der Waals surface area contributed by atoms with Crippen LogP contribution in [0, 0.1) is 0 Å². The third-order valence-corrected chi connectivity index (χ3v) is 8.12. The number of phenols is 1. The van der Waals surface area contributed by atoms with Crippen molar-refractivity contribution in [2.24, 2.45) is 0 Å². The number of hydrogen-bond donors (Lipinski definition) is 2. The minimum absolute atomic E-state index is 0.00577. The van der Waals surface area contributed by atoms with Gasteiger partial charge in [0.1, 0.15) is 11.2 Å². The highest BCUT2D eigenvalue weighted by molar-refractivity contribution is 6.36. The lowest BCUT2D eigenvalue weighted by Gasteiger charge is -2.50. The number of nitrogens with zero attached hydrogens (tertiary/aromatic N) is 1. The van der Waals surface area contributed by atoms with E-state index in [0.29, 0.717) is 23.4 Å². The van der Waals surface area contributed by atoms with Gasteiger partial charge in [-0.05, 0) is 49.9 Å². The van der Waals surface area contributed by atoms with Crippen molar-refractivity contribution in [3.63, 3.8) is 0 Å². The standard InChI is InChI=1S/C29H31Cl2NO4/c1-28(2,32-17-22(18-32)36-19-23-24(30)13-14-25(33)26(23)31)15-16-29(27(34)35,20-9-5-3-6-10-20)21-11-7-4-8-12-21/h3-14,22,33H,15-19H2,1-2H3,(H,34,35). The monoisotopic (exact) mass is 527 g/mol. The van der Waals surface area contributed by atoms with Gasteiger partial charge in [0, 0.05) is 29.2 Å². The SMILES string of the molecule is CC(C)(CCC(C(=O)O)(c1ccccc1)c1ccccc1)N1CC(OCc2c(Cl)ccc(O)c2Cl)C1. The molecule has 3 aromatic rings. The maximum atomic E-state index is 12.9. The number of benzene rings is 3. The van der Waals surface area contributed by atoms with Crippen LogP contribution < -0.4 is 0 Å². The summed E-state index contributed by atoms with van der Waals surface area (Å²) in [6.07, 6.45) is 1.14. The summed E-state index contributed by atoms with van der Waals surface area (Å²) in [5.74, 6) is -0.866. The van der Waals surface area contributed by atoms with Crippen LogP contribution in [0.4, 0.5) is 0 Å². The Labute approximate surface area is 222 Å². The molecule has 0 aromatic heterocycles. The molecule has 1 aliphatic heterocycles. The van der Waals surface area contributed by atoms with Gasteiger partial charge in [-0.15, -0.1) is 0 Å². The fourth-order valence-electron chi connectivity index (χ4n) is 4.86. The fourth-order valence-corrected chi connectivity index (χ4v) is 5.34. The van der Waals surface area contributed by atoms with Crippen LogP contribution in [-0.4, -0.2) is 45.8 Å². The summed E-state index contributed by atoms with van der Waals surface area (Å²) in [6, 6.07) is 22.1. The van der Waals surface area contributed by atoms with Crippen LogP contribution in [0.15, 0.2) is 72.8 Å². The largest absolute Gasteiger partial charge is 0.506 e. The third-order valence-electron chi connectivity index (χ3n) is 7.34. The van der Waals surface area contributed by atoms with Gasteiger partial charge in [-0.1, -0.05) is 83.9 Å². The summed E-state index contributed by atoms with van der Waals surface area (Å²) in [5, 5.41) is 21.1. The maximum Gasteiger partial charge on any atom is 0.318 e. The topological polar surface area (TPSA) is 70.0 Å². The third kappa shape index (κ3) is 5.25. The molecule has 0 saturated carbocycles. The fraction of sp³-hybridized carbons (Fsp3) is 0.345. The zero-order valence-electron chi connectivity index (χ0n) is 20.5. The second kappa shape index (κ2) is 10.8. The molecule has 1 saturated heterocycles. The summed E-state index contributed by atoms with van der Waals surface area (Å²) in [5.41, 5.74) is 0.773. The van der Waals surface area contributed by atoms with E-state index in [0.717, 1.165) is 24.2 Å². The number of phenolic OH excluding ortho intramolecular Hbond substituents is 1. The lowest BCUT2D eigenvalue weighted by atomic mass is 9.69. The van der Waals surface area contributed by atoms with Crippen molar-refractivity contribution >= 4 is 29.2 Å². The van der Waals surface area contributed by atoms with Crippen LogP contribution in [0.3, 0.4) is 0 Å². The second-order valence-electron chi connectivity index (χ2n) is 9.95. The Morgan fingerprint density at radius 2 is 1.50 bits per heavy atom. The molecule has 0 aliphatic carbocycles. The minimum atomic E-state index is -1.14. The average molecular weight is 528 g/mol. The van der Waals surface area contributed by atoms with E-state index in [-0.39, 0.29) is 29.0 Å². The summed E-state index contributed by atoms with van der Waals surface area (Å²) in [7, 11) is 0. The van der Waals surface area contributed by atoms with Gasteiger partial charge in [0.25, 0.3) is 0 Å². The van der Waals surface area contributed by atoms with Gasteiger partial charge in [-0.3, -0.25) is 9.69 Å². The van der Waals surface area contributed by atoms with E-state index < -0.39 is 11.4 Å². The van der Waals surface area contributed by atoms with Crippen molar-refractivity contribution in [3.8, 4) is 5.75 Å². The predicted octanol–water partition coefficient (Wildman–Crippen LogP) is 6.53. The quantitative estimate of drug-likeness (QED) is 0.313. The van der Waals surface area contributed by atoms with Crippen molar-refractivity contribution in [3.05, 3.63) is 99.5 Å². The number of likely N-dealkylation sites (tertiary alicyclic amines) is 1. The summed E-state index contributed by atoms with van der Waals surface area (Å²) in [6.45, 7) is 5.95. The van der Waals surface area contributed by atoms with Crippen LogP contribution in [0.1, 0.15) is 43.4 Å². The van der Waals surface area contributed by atoms with E-state index in [1.165, 1.54) is 6.07 Å². The molecule has 5 nitrogen and oxygen atoms in total. The Kier molecular flexibility index (Phi) is 7.96. The van der Waals surface area contributed by atoms with Crippen LogP contribution in [0.25, 0.3) is 0 Å². The maximum absolute atomic E-state index is 12.9. The molecular formula is C29H31Cl2NO4. The van der Waals surface area contributed by atoms with E-state index in [9.17, 15) is 15.0 Å². The molecule has 3 aromatic carbocycles. The first-order chi connectivity index (χ1) is 17.1. The molecule has 1 aliphatic rings. The lowest BCUT2D eigenvalue weighted by molar-refractivity contribution is -0.143. The molecule has 1 fully saturated rings. The highest BCUT2D eigenvalue weighted by Gasteiger charge is 2.45. The minimum Gasteiger partial charge on any atom is -0.506 e. The number of aliphatic carboxylic acids is 1. The Hall–Kier alpha value is -2.57. The predicted molar refractivity (Wildman–Crippen MR) is 143 cm³/mol. The zero-order valence-corrected chi connectivity index (χ0v) is 22.0. The van der Waals surface area contributed by atoms with E-state index in [1.807, 2.05) is 60.7 Å². The first-order valence-electron chi connectivity index (χ1n) is 12.0. The number of rotatable bonds is 10. The van der Waals surface area contributed by atoms with Crippen molar-refractivity contribution in [2.45, 2.75) is 50.4 Å². The Balaban J connectivity index is 1.44. The second-order valence-corrected chi connectivity index (χ2v) is 10.7. The number of hydrogen-bond acceptors (Lipinski definition) is 4. The first-order valence-corrected chi connectivity index (χ1v) is 12.8. The van der Waals surface area contributed by atoms with Crippen molar-refractivity contribution in [2.75, 3.05) is 13.1 Å². The molecule has 190 valence electrons. The zero-order chi connectivity index (χ0) is 25.9. The van der Waals surface area contributed by atoms with Gasteiger partial charge in [0.15, 0.2) is 0 Å². The van der Waals surface area contributed by atoms with Crippen LogP contribution in [0.5, 0.6) is 5.75 Å². The highest BCUT2D eigenvalue weighted by atomic mass is 35.5. The van der Waals surface area contributed by atoms with Gasteiger partial charge in [-0.2, -0.15) is 0 Å². The molecule has 36 heavy (non-hydrogen) atoms. The number of carboxylic acids is 1. The normalized spacial score (nSPS) is 15.0. The summed E-state index contributed by atoms with van der Waals surface area (Å²) < 4.78 is 6.01. The number of halogens is 2. The molecule has 0 amide bonds. The highest BCUT2D eigenvalue weighted by Crippen LogP contribution is 2.41. The summed E-state index contributed by atoms with van der Waals surface area (Å²) in [4.78, 5) is 15.2. The van der Waals surface area contributed by atoms with E-state index >= 15 is 0 Å². The molecule has 1 heterocycles. The molecule has 4 rings (SSSR count). The number of aromatic hydroxyl groups is 1. The Morgan fingerprint density at radius 1 is 0.944 bits per heavy atom. The molecule has 2 N–H and O–H groups in total. The Bertz CT molecular complexity index is 1160. The molecule has 0 atom stereocenters. The van der Waals surface area contributed by atoms with Crippen LogP contribution >= 0.6 is 23.2 Å². The van der Waals surface area contributed by atoms with E-state index in [2.05, 4.69) is 18.7 Å². The smallest absolute Gasteiger partial charge is 0.318 e. The van der Waals surface area contributed by atoms with Gasteiger partial charge >= 0.3 is 5.97 Å². The van der Waals surface area contributed by atoms with Gasteiger partial charge in [0.2, 0.25) is 0 Å². The van der Waals surface area contributed by atoms with Crippen LogP contribution in [-0.2, 0) is 21.6 Å². The lowest BCUT2D eigenvalue weighted by Crippen LogP contribution is -2.61. The first kappa shape index (κ1) is 26.5. The van der Waals surface area contributed by atoms with Gasteiger partial charge in [0.05, 0.1) is 17.7 Å². The molecular weight excluding hydrogens is 497 g/mol. The van der Waals surface area contributed by atoms with Gasteiger partial charge < -0.3 is 14.9 Å². The van der Waals surface area contributed by atoms with Gasteiger partial charge in [-0.25, -0.2) is 0 Å². The van der Waals surface area contributed by atoms with Crippen LogP contribution in [0.2, 0.25) is 10.0 Å². The number of carbonyl (C=O) groups is 1. The van der Waals surface area contributed by atoms with Crippen molar-refractivity contribution in [1.82, 2.24) is 4.90 Å². The molecule has 0 unspecified atom stereocenters. The summed E-state index contributed by atoms with van der Waals surface area (Å²) >= 11 is 12.4. The Morgan fingerprint density at radius 3 is 2.03 bits per heavy atom. The van der Waals surface area contributed by atoms with E-state index in [1.54, 1.807) is 6.07 Å². The molecule has 7 heteroatoms. The van der Waals surface area contributed by atoms with Crippen molar-refractivity contribution < 1.29 is 19.7 Å². The number of carboxylic acid groups (broad SMARTS) is 1. The average Bonchev–Trinajstić information content (AvgIpc) is 2.84. The molecule has 0 bridgehead atoms. The van der Waals surface area contributed by atoms with E-state index in [4.69, 9.17) is 27.9 Å². The number of ether oxygens (including phenoxy) is 1. The molecule has 0 spiro atoms. The molecule has 0 radical (unpaired) electrons. The van der Waals surface area contributed by atoms with Crippen molar-refractivity contribution in [1.29, 1.82) is 0 Å².